The molecule has 2 aromatic carbocycles. The van der Waals surface area contributed by atoms with E-state index in [9.17, 15) is 14.4 Å². The van der Waals surface area contributed by atoms with Crippen LogP contribution < -0.4 is 15.0 Å². The van der Waals surface area contributed by atoms with Crippen molar-refractivity contribution in [3.05, 3.63) is 53.7 Å². The van der Waals surface area contributed by atoms with Crippen LogP contribution in [-0.4, -0.2) is 42.6 Å². The first kappa shape index (κ1) is 21.4. The van der Waals surface area contributed by atoms with Crippen molar-refractivity contribution in [2.45, 2.75) is 19.8 Å². The average molecular weight is 435 g/mol. The quantitative estimate of drug-likeness (QED) is 0.596. The van der Waals surface area contributed by atoms with Gasteiger partial charge >= 0.3 is 5.97 Å². The molecular weight excluding hydrogens is 410 g/mol. The van der Waals surface area contributed by atoms with Crippen LogP contribution in [0.25, 0.3) is 10.9 Å². The molecular formula is C24H25N3O5. The molecule has 0 bridgehead atoms. The summed E-state index contributed by atoms with van der Waals surface area (Å²) in [6.07, 6.45) is 1.20. The van der Waals surface area contributed by atoms with Crippen molar-refractivity contribution < 1.29 is 23.9 Å². The Kier molecular flexibility index (Phi) is 5.85. The second-order valence-electron chi connectivity index (χ2n) is 7.54. The van der Waals surface area contributed by atoms with Gasteiger partial charge in [0.1, 0.15) is 11.4 Å². The van der Waals surface area contributed by atoms with Gasteiger partial charge in [-0.15, -0.1) is 0 Å². The number of aromatic nitrogens is 1. The summed E-state index contributed by atoms with van der Waals surface area (Å²) >= 11 is 0. The monoisotopic (exact) mass is 435 g/mol. The molecule has 2 heterocycles. The molecule has 0 unspecified atom stereocenters. The lowest BCUT2D eigenvalue weighted by Crippen LogP contribution is -2.27. The second kappa shape index (κ2) is 8.74. The van der Waals surface area contributed by atoms with Gasteiger partial charge in [0.25, 0.3) is 5.91 Å². The van der Waals surface area contributed by atoms with Crippen LogP contribution in [0.2, 0.25) is 0 Å². The van der Waals surface area contributed by atoms with E-state index in [1.807, 2.05) is 18.2 Å². The number of esters is 1. The Hall–Kier alpha value is -3.81. The number of ether oxygens (including phenoxy) is 2. The Morgan fingerprint density at radius 3 is 2.50 bits per heavy atom. The van der Waals surface area contributed by atoms with Crippen LogP contribution in [0.4, 0.5) is 11.4 Å². The number of nitrogens with one attached hydrogen (secondary N) is 1. The molecule has 1 aromatic heterocycles. The van der Waals surface area contributed by atoms with Crippen LogP contribution in [0.5, 0.6) is 5.75 Å². The fourth-order valence-electron chi connectivity index (χ4n) is 4.04. The summed E-state index contributed by atoms with van der Waals surface area (Å²) in [6.45, 7) is 2.60. The molecule has 0 atom stereocenters. The summed E-state index contributed by atoms with van der Waals surface area (Å²) < 4.78 is 12.2. The highest BCUT2D eigenvalue weighted by Gasteiger charge is 2.31. The van der Waals surface area contributed by atoms with Crippen molar-refractivity contribution in [2.24, 2.45) is 7.05 Å². The molecule has 1 saturated heterocycles. The van der Waals surface area contributed by atoms with Crippen LogP contribution >= 0.6 is 0 Å². The van der Waals surface area contributed by atoms with E-state index in [4.69, 9.17) is 9.47 Å². The van der Waals surface area contributed by atoms with Gasteiger partial charge in [-0.3, -0.25) is 9.59 Å². The van der Waals surface area contributed by atoms with Gasteiger partial charge in [0.2, 0.25) is 5.91 Å². The first-order valence-corrected chi connectivity index (χ1v) is 10.5. The van der Waals surface area contributed by atoms with Crippen LogP contribution in [0.3, 0.4) is 0 Å². The van der Waals surface area contributed by atoms with Crippen LogP contribution in [0, 0.1) is 0 Å². The summed E-state index contributed by atoms with van der Waals surface area (Å²) in [5.74, 6) is -0.116. The number of carbonyl (C=O) groups is 3. The number of amides is 2. The average Bonchev–Trinajstić information content (AvgIpc) is 3.34. The predicted molar refractivity (Wildman–Crippen MR) is 121 cm³/mol. The molecule has 32 heavy (non-hydrogen) atoms. The first-order chi connectivity index (χ1) is 15.4. The molecule has 1 N–H and O–H groups in total. The SMILES string of the molecule is CCOC(=O)c1ccc(NC(=O)c2c(N3CCCC3=O)c3cc(OC)ccc3n2C)cc1. The van der Waals surface area contributed by atoms with Crippen molar-refractivity contribution in [1.82, 2.24) is 4.57 Å². The molecule has 0 aliphatic carbocycles. The van der Waals surface area contributed by atoms with Gasteiger partial charge in [-0.05, 0) is 55.8 Å². The largest absolute Gasteiger partial charge is 0.497 e. The smallest absolute Gasteiger partial charge is 0.338 e. The number of hydrogen-bond acceptors (Lipinski definition) is 5. The number of fused-ring (bicyclic) bond motifs is 1. The van der Waals surface area contributed by atoms with Crippen molar-refractivity contribution in [2.75, 3.05) is 30.5 Å². The number of nitrogens with zero attached hydrogens (tertiary/aromatic N) is 2. The maximum absolute atomic E-state index is 13.4. The van der Waals surface area contributed by atoms with E-state index in [0.717, 1.165) is 17.3 Å². The molecule has 8 nitrogen and oxygen atoms in total. The molecule has 1 fully saturated rings. The van der Waals surface area contributed by atoms with Crippen LogP contribution in [-0.2, 0) is 16.6 Å². The third-order valence-electron chi connectivity index (χ3n) is 5.59. The fourth-order valence-corrected chi connectivity index (χ4v) is 4.04. The number of aryl methyl sites for hydroxylation is 1. The van der Waals surface area contributed by atoms with Crippen molar-refractivity contribution in [1.29, 1.82) is 0 Å². The Morgan fingerprint density at radius 1 is 1.12 bits per heavy atom. The summed E-state index contributed by atoms with van der Waals surface area (Å²) in [4.78, 5) is 39.5. The van der Waals surface area contributed by atoms with Crippen LogP contribution in [0.1, 0.15) is 40.6 Å². The van der Waals surface area contributed by atoms with E-state index in [0.29, 0.717) is 48.0 Å². The molecule has 0 saturated carbocycles. The van der Waals surface area contributed by atoms with E-state index in [2.05, 4.69) is 5.32 Å². The van der Waals surface area contributed by atoms with E-state index in [1.54, 1.807) is 54.8 Å². The van der Waals surface area contributed by atoms with E-state index >= 15 is 0 Å². The standard InChI is InChI=1S/C24H25N3O5/c1-4-32-24(30)15-7-9-16(10-8-15)25-23(29)22-21(27-13-5-6-20(27)28)18-14-17(31-3)11-12-19(18)26(22)2/h7-12,14H,4-6,13H2,1-3H3,(H,25,29). The third-order valence-corrected chi connectivity index (χ3v) is 5.59. The lowest BCUT2D eigenvalue weighted by atomic mass is 10.1. The van der Waals surface area contributed by atoms with Gasteiger partial charge in [0, 0.05) is 31.1 Å². The summed E-state index contributed by atoms with van der Waals surface area (Å²) in [5.41, 5.74) is 2.74. The number of benzene rings is 2. The highest BCUT2D eigenvalue weighted by Crippen LogP contribution is 2.38. The van der Waals surface area contributed by atoms with Gasteiger partial charge in [-0.2, -0.15) is 0 Å². The van der Waals surface area contributed by atoms with E-state index < -0.39 is 5.97 Å². The number of hydrogen-bond donors (Lipinski definition) is 1. The molecule has 1 aliphatic heterocycles. The van der Waals surface area contributed by atoms with Gasteiger partial charge in [-0.1, -0.05) is 0 Å². The maximum Gasteiger partial charge on any atom is 0.338 e. The number of carbonyl (C=O) groups excluding carboxylic acids is 3. The minimum Gasteiger partial charge on any atom is -0.497 e. The minimum absolute atomic E-state index is 0.00633. The molecule has 2 amide bonds. The normalized spacial score (nSPS) is 13.5. The minimum atomic E-state index is -0.414. The molecule has 1 aliphatic rings. The maximum atomic E-state index is 13.4. The highest BCUT2D eigenvalue weighted by molar-refractivity contribution is 6.17. The predicted octanol–water partition coefficient (Wildman–Crippen LogP) is 3.74. The van der Waals surface area contributed by atoms with Crippen molar-refractivity contribution in [3.63, 3.8) is 0 Å². The lowest BCUT2D eigenvalue weighted by molar-refractivity contribution is -0.117. The summed E-state index contributed by atoms with van der Waals surface area (Å²) in [7, 11) is 3.38. The Morgan fingerprint density at radius 2 is 1.88 bits per heavy atom. The zero-order valence-corrected chi connectivity index (χ0v) is 18.3. The lowest BCUT2D eigenvalue weighted by Gasteiger charge is -2.18. The van der Waals surface area contributed by atoms with E-state index in [1.165, 1.54) is 0 Å². The second-order valence-corrected chi connectivity index (χ2v) is 7.54. The summed E-state index contributed by atoms with van der Waals surface area (Å²) in [6, 6.07) is 12.1. The van der Waals surface area contributed by atoms with Crippen LogP contribution in [0.15, 0.2) is 42.5 Å². The van der Waals surface area contributed by atoms with Gasteiger partial charge in [-0.25, -0.2) is 4.79 Å². The van der Waals surface area contributed by atoms with Gasteiger partial charge < -0.3 is 24.3 Å². The van der Waals surface area contributed by atoms with Crippen molar-refractivity contribution >= 4 is 40.1 Å². The third kappa shape index (κ3) is 3.79. The molecule has 0 radical (unpaired) electrons. The fraction of sp³-hybridized carbons (Fsp3) is 0.292. The van der Waals surface area contributed by atoms with Crippen molar-refractivity contribution in [3.8, 4) is 5.75 Å². The molecule has 8 heteroatoms. The Balaban J connectivity index is 1.73. The zero-order valence-electron chi connectivity index (χ0n) is 18.3. The Bertz CT molecular complexity index is 1200. The molecule has 166 valence electrons. The summed E-state index contributed by atoms with van der Waals surface area (Å²) in [5, 5.41) is 3.67. The molecule has 4 rings (SSSR count). The highest BCUT2D eigenvalue weighted by atomic mass is 16.5. The number of methoxy groups -OCH3 is 1. The topological polar surface area (TPSA) is 89.9 Å². The van der Waals surface area contributed by atoms with E-state index in [-0.39, 0.29) is 11.8 Å². The first-order valence-electron chi connectivity index (χ1n) is 10.5. The number of rotatable bonds is 6. The number of anilines is 2. The zero-order chi connectivity index (χ0) is 22.8. The van der Waals surface area contributed by atoms with Gasteiger partial charge in [0.15, 0.2) is 0 Å². The molecule has 3 aromatic rings. The van der Waals surface area contributed by atoms with Gasteiger partial charge in [0.05, 0.1) is 30.5 Å². The Labute approximate surface area is 185 Å². The molecule has 0 spiro atoms.